The lowest BCUT2D eigenvalue weighted by Gasteiger charge is -2.31. The summed E-state index contributed by atoms with van der Waals surface area (Å²) >= 11 is 1.64. The summed E-state index contributed by atoms with van der Waals surface area (Å²) in [4.78, 5) is 17.4. The van der Waals surface area contributed by atoms with Gasteiger partial charge < -0.3 is 10.0 Å². The van der Waals surface area contributed by atoms with Crippen molar-refractivity contribution in [2.24, 2.45) is 5.92 Å². The first kappa shape index (κ1) is 13.3. The van der Waals surface area contributed by atoms with Gasteiger partial charge in [-0.1, -0.05) is 13.3 Å². The Morgan fingerprint density at radius 2 is 2.50 bits per heavy atom. The molecule has 0 radical (unpaired) electrons. The molecule has 0 spiro atoms. The number of aromatic nitrogens is 1. The molecule has 2 heterocycles. The van der Waals surface area contributed by atoms with Gasteiger partial charge in [-0.2, -0.15) is 0 Å². The molecule has 0 amide bonds. The maximum Gasteiger partial charge on any atom is 0.303 e. The second-order valence-electron chi connectivity index (χ2n) is 4.88. The first-order valence-electron chi connectivity index (χ1n) is 6.60. The number of carbonyl (C=O) groups is 1. The van der Waals surface area contributed by atoms with Crippen molar-refractivity contribution < 1.29 is 9.90 Å². The zero-order chi connectivity index (χ0) is 13.0. The largest absolute Gasteiger partial charge is 0.481 e. The molecule has 4 nitrogen and oxygen atoms in total. The average Bonchev–Trinajstić information content (AvgIpc) is 2.85. The van der Waals surface area contributed by atoms with Crippen LogP contribution >= 0.6 is 11.3 Å². The summed E-state index contributed by atoms with van der Waals surface area (Å²) in [5, 5.41) is 11.7. The number of aliphatic carboxylic acids is 1. The summed E-state index contributed by atoms with van der Waals surface area (Å²) in [6.45, 7) is 4.43. The molecule has 18 heavy (non-hydrogen) atoms. The number of rotatable bonds is 5. The number of thiazole rings is 1. The normalized spacial score (nSPS) is 20.1. The van der Waals surface area contributed by atoms with E-state index in [0.29, 0.717) is 6.42 Å². The van der Waals surface area contributed by atoms with Gasteiger partial charge in [0.25, 0.3) is 0 Å². The molecule has 0 aromatic carbocycles. The number of piperidine rings is 1. The molecule has 1 atom stereocenters. The Hall–Kier alpha value is -1.10. The number of aryl methyl sites for hydroxylation is 1. The van der Waals surface area contributed by atoms with Gasteiger partial charge in [0.2, 0.25) is 0 Å². The first-order chi connectivity index (χ1) is 8.69. The molecular formula is C13H20N2O2S. The van der Waals surface area contributed by atoms with Crippen molar-refractivity contribution in [3.05, 3.63) is 11.1 Å². The minimum absolute atomic E-state index is 0.167. The summed E-state index contributed by atoms with van der Waals surface area (Å²) in [5.74, 6) is 0.0266. The SMILES string of the molecule is CCC1CCCN(c2nc(CCC(=O)O)cs2)C1. The monoisotopic (exact) mass is 268 g/mol. The molecule has 0 aliphatic carbocycles. The number of hydrogen-bond donors (Lipinski definition) is 1. The van der Waals surface area contributed by atoms with E-state index in [0.717, 1.165) is 29.8 Å². The molecule has 1 aromatic heterocycles. The van der Waals surface area contributed by atoms with Crippen LogP contribution in [0.15, 0.2) is 5.38 Å². The van der Waals surface area contributed by atoms with Crippen LogP contribution in [0.25, 0.3) is 0 Å². The van der Waals surface area contributed by atoms with Gasteiger partial charge in [0.15, 0.2) is 5.13 Å². The van der Waals surface area contributed by atoms with Gasteiger partial charge in [-0.15, -0.1) is 11.3 Å². The predicted octanol–water partition coefficient (Wildman–Crippen LogP) is 2.79. The fourth-order valence-corrected chi connectivity index (χ4v) is 3.26. The van der Waals surface area contributed by atoms with E-state index in [-0.39, 0.29) is 6.42 Å². The van der Waals surface area contributed by atoms with Crippen LogP contribution in [0.3, 0.4) is 0 Å². The van der Waals surface area contributed by atoms with Crippen LogP contribution in [0, 0.1) is 5.92 Å². The Labute approximate surface area is 112 Å². The third-order valence-electron chi connectivity index (χ3n) is 3.50. The van der Waals surface area contributed by atoms with E-state index in [9.17, 15) is 4.79 Å². The molecular weight excluding hydrogens is 248 g/mol. The molecule has 0 bridgehead atoms. The molecule has 1 aliphatic rings. The first-order valence-corrected chi connectivity index (χ1v) is 7.48. The van der Waals surface area contributed by atoms with E-state index in [1.807, 2.05) is 5.38 Å². The summed E-state index contributed by atoms with van der Waals surface area (Å²) < 4.78 is 0. The van der Waals surface area contributed by atoms with Gasteiger partial charge in [-0.25, -0.2) is 4.98 Å². The standard InChI is InChI=1S/C13H20N2O2S/c1-2-10-4-3-7-15(8-10)13-14-11(9-18-13)5-6-12(16)17/h9-10H,2-8H2,1H3,(H,16,17). The lowest BCUT2D eigenvalue weighted by Crippen LogP contribution is -2.35. The highest BCUT2D eigenvalue weighted by molar-refractivity contribution is 7.13. The smallest absolute Gasteiger partial charge is 0.303 e. The predicted molar refractivity (Wildman–Crippen MR) is 73.3 cm³/mol. The number of carboxylic acids is 1. The van der Waals surface area contributed by atoms with Crippen LogP contribution in [-0.4, -0.2) is 29.1 Å². The van der Waals surface area contributed by atoms with Crippen LogP contribution < -0.4 is 4.90 Å². The molecule has 5 heteroatoms. The van der Waals surface area contributed by atoms with E-state index in [2.05, 4.69) is 16.8 Å². The topological polar surface area (TPSA) is 53.4 Å². The molecule has 1 unspecified atom stereocenters. The Balaban J connectivity index is 1.94. The zero-order valence-corrected chi connectivity index (χ0v) is 11.6. The Morgan fingerprint density at radius 1 is 1.67 bits per heavy atom. The van der Waals surface area contributed by atoms with Crippen LogP contribution in [-0.2, 0) is 11.2 Å². The maximum atomic E-state index is 10.5. The number of hydrogen-bond acceptors (Lipinski definition) is 4. The fourth-order valence-electron chi connectivity index (χ4n) is 2.36. The molecule has 1 N–H and O–H groups in total. The highest BCUT2D eigenvalue weighted by Crippen LogP contribution is 2.27. The molecule has 2 rings (SSSR count). The van der Waals surface area contributed by atoms with Crippen LogP contribution in [0.5, 0.6) is 0 Å². The minimum Gasteiger partial charge on any atom is -0.481 e. The maximum absolute atomic E-state index is 10.5. The number of nitrogens with zero attached hydrogens (tertiary/aromatic N) is 2. The quantitative estimate of drug-likeness (QED) is 0.892. The van der Waals surface area contributed by atoms with Crippen molar-refractivity contribution in [1.82, 2.24) is 4.98 Å². The lowest BCUT2D eigenvalue weighted by atomic mass is 9.96. The van der Waals surface area contributed by atoms with Crippen LogP contribution in [0.2, 0.25) is 0 Å². The summed E-state index contributed by atoms with van der Waals surface area (Å²) in [5.41, 5.74) is 0.913. The van der Waals surface area contributed by atoms with Crippen molar-refractivity contribution in [2.45, 2.75) is 39.0 Å². The number of carboxylic acid groups (broad SMARTS) is 1. The van der Waals surface area contributed by atoms with Gasteiger partial charge in [-0.05, 0) is 18.8 Å². The van der Waals surface area contributed by atoms with E-state index < -0.39 is 5.97 Å². The molecule has 1 aliphatic heterocycles. The molecule has 1 saturated heterocycles. The van der Waals surface area contributed by atoms with Crippen LogP contribution in [0.4, 0.5) is 5.13 Å². The van der Waals surface area contributed by atoms with E-state index in [4.69, 9.17) is 5.11 Å². The Kier molecular flexibility index (Phi) is 4.58. The summed E-state index contributed by atoms with van der Waals surface area (Å²) in [7, 11) is 0. The third-order valence-corrected chi connectivity index (χ3v) is 4.45. The van der Waals surface area contributed by atoms with Crippen LogP contribution in [0.1, 0.15) is 38.3 Å². The Bertz CT molecular complexity index is 405. The number of anilines is 1. The summed E-state index contributed by atoms with van der Waals surface area (Å²) in [6, 6.07) is 0. The molecule has 1 aromatic rings. The van der Waals surface area contributed by atoms with Crippen molar-refractivity contribution in [2.75, 3.05) is 18.0 Å². The van der Waals surface area contributed by atoms with E-state index in [1.165, 1.54) is 19.3 Å². The highest BCUT2D eigenvalue weighted by Gasteiger charge is 2.20. The van der Waals surface area contributed by atoms with Gasteiger partial charge in [0.05, 0.1) is 12.1 Å². The second kappa shape index (κ2) is 6.18. The van der Waals surface area contributed by atoms with Crippen molar-refractivity contribution in [1.29, 1.82) is 0 Å². The summed E-state index contributed by atoms with van der Waals surface area (Å²) in [6.07, 6.45) is 4.50. The lowest BCUT2D eigenvalue weighted by molar-refractivity contribution is -0.136. The van der Waals surface area contributed by atoms with Gasteiger partial charge in [0, 0.05) is 24.9 Å². The second-order valence-corrected chi connectivity index (χ2v) is 5.71. The molecule has 1 fully saturated rings. The Morgan fingerprint density at radius 3 is 3.22 bits per heavy atom. The van der Waals surface area contributed by atoms with Crippen molar-refractivity contribution >= 4 is 22.4 Å². The van der Waals surface area contributed by atoms with Gasteiger partial charge in [-0.3, -0.25) is 4.79 Å². The fraction of sp³-hybridized carbons (Fsp3) is 0.692. The molecule has 0 saturated carbocycles. The van der Waals surface area contributed by atoms with E-state index in [1.54, 1.807) is 11.3 Å². The van der Waals surface area contributed by atoms with Crippen molar-refractivity contribution in [3.8, 4) is 0 Å². The molecule has 100 valence electrons. The average molecular weight is 268 g/mol. The van der Waals surface area contributed by atoms with Gasteiger partial charge in [0.1, 0.15) is 0 Å². The van der Waals surface area contributed by atoms with E-state index >= 15 is 0 Å². The highest BCUT2D eigenvalue weighted by atomic mass is 32.1. The minimum atomic E-state index is -0.756. The van der Waals surface area contributed by atoms with Gasteiger partial charge >= 0.3 is 5.97 Å². The third kappa shape index (κ3) is 3.45. The van der Waals surface area contributed by atoms with Crippen molar-refractivity contribution in [3.63, 3.8) is 0 Å². The zero-order valence-electron chi connectivity index (χ0n) is 10.8.